The van der Waals surface area contributed by atoms with Gasteiger partial charge < -0.3 is 24.1 Å². The Balaban J connectivity index is 3.41. The molecule has 1 aromatic carbocycles. The molecule has 0 aliphatic carbocycles. The number of carbonyl (C=O) groups excluding carboxylic acids is 3. The minimum atomic E-state index is -2.16. The van der Waals surface area contributed by atoms with Crippen molar-refractivity contribution in [1.29, 1.82) is 0 Å². The van der Waals surface area contributed by atoms with Gasteiger partial charge in [0.1, 0.15) is 0 Å². The number of carbonyl (C=O) groups is 4. The van der Waals surface area contributed by atoms with Gasteiger partial charge in [0.25, 0.3) is 5.72 Å². The zero-order valence-electron chi connectivity index (χ0n) is 22.9. The standard InChI is InChI=1S/C27H41NO9/c1-8-11-14-34-26(33)37-27(25(31)32,28-17(4)5)16-20-12-13-21(35-23(29)18(6)9-2)22(15-20)36-24(30)19(7)10-3/h12-13,15,17-19,28H,8-11,14,16H2,1-7H3,(H,31,32)/t18?,19?,27-/m0/s1. The highest BCUT2D eigenvalue weighted by Crippen LogP contribution is 2.32. The van der Waals surface area contributed by atoms with Crippen molar-refractivity contribution < 1.29 is 43.2 Å². The fourth-order valence-corrected chi connectivity index (χ4v) is 3.10. The van der Waals surface area contributed by atoms with Crippen LogP contribution in [0.15, 0.2) is 18.2 Å². The summed E-state index contributed by atoms with van der Waals surface area (Å²) in [5.41, 5.74) is -1.81. The molecular formula is C27H41NO9. The van der Waals surface area contributed by atoms with Gasteiger partial charge in [-0.1, -0.05) is 47.1 Å². The predicted octanol–water partition coefficient (Wildman–Crippen LogP) is 4.86. The van der Waals surface area contributed by atoms with Gasteiger partial charge in [-0.25, -0.2) is 9.59 Å². The quantitative estimate of drug-likeness (QED) is 0.142. The molecular weight excluding hydrogens is 482 g/mol. The van der Waals surface area contributed by atoms with Crippen LogP contribution in [0.4, 0.5) is 4.79 Å². The van der Waals surface area contributed by atoms with Crippen LogP contribution in [0.25, 0.3) is 0 Å². The minimum Gasteiger partial charge on any atom is -0.477 e. The minimum absolute atomic E-state index is 0.0309. The van der Waals surface area contributed by atoms with Crippen LogP contribution in [0.3, 0.4) is 0 Å². The molecule has 1 aromatic rings. The molecule has 0 amide bonds. The molecule has 10 nitrogen and oxygen atoms in total. The third kappa shape index (κ3) is 10.0. The van der Waals surface area contributed by atoms with Gasteiger partial charge >= 0.3 is 24.1 Å². The Labute approximate surface area is 219 Å². The second-order valence-electron chi connectivity index (χ2n) is 9.40. The highest BCUT2D eigenvalue weighted by atomic mass is 16.7. The van der Waals surface area contributed by atoms with E-state index in [-0.39, 0.29) is 36.5 Å². The maximum atomic E-state index is 12.5. The summed E-state index contributed by atoms with van der Waals surface area (Å²) in [7, 11) is 0. The Morgan fingerprint density at radius 2 is 1.49 bits per heavy atom. The summed E-state index contributed by atoms with van der Waals surface area (Å²) in [5, 5.41) is 12.9. The van der Waals surface area contributed by atoms with Crippen LogP contribution in [0.2, 0.25) is 0 Å². The molecule has 208 valence electrons. The number of unbranched alkanes of at least 4 members (excludes halogenated alkanes) is 1. The number of ether oxygens (including phenoxy) is 4. The summed E-state index contributed by atoms with van der Waals surface area (Å²) < 4.78 is 21.4. The third-order valence-corrected chi connectivity index (χ3v) is 5.75. The Morgan fingerprint density at radius 1 is 0.919 bits per heavy atom. The van der Waals surface area contributed by atoms with Crippen LogP contribution in [0.5, 0.6) is 11.5 Å². The average molecular weight is 524 g/mol. The Kier molecular flexibility index (Phi) is 13.1. The van der Waals surface area contributed by atoms with E-state index in [2.05, 4.69) is 5.32 Å². The van der Waals surface area contributed by atoms with Crippen molar-refractivity contribution in [2.24, 2.45) is 11.8 Å². The Morgan fingerprint density at radius 3 is 1.97 bits per heavy atom. The number of aliphatic carboxylic acids is 1. The lowest BCUT2D eigenvalue weighted by Gasteiger charge is -2.31. The summed E-state index contributed by atoms with van der Waals surface area (Å²) in [6.45, 7) is 12.5. The van der Waals surface area contributed by atoms with Crippen molar-refractivity contribution in [1.82, 2.24) is 5.32 Å². The topological polar surface area (TPSA) is 137 Å². The predicted molar refractivity (Wildman–Crippen MR) is 136 cm³/mol. The SMILES string of the molecule is CCCCOC(=O)O[C@](Cc1ccc(OC(=O)C(C)CC)c(OC(=O)C(C)CC)c1)(NC(C)C)C(=O)O. The molecule has 0 saturated carbocycles. The van der Waals surface area contributed by atoms with E-state index in [1.807, 2.05) is 20.8 Å². The molecule has 0 aromatic heterocycles. The van der Waals surface area contributed by atoms with Crippen molar-refractivity contribution in [3.8, 4) is 11.5 Å². The molecule has 3 atom stereocenters. The molecule has 0 radical (unpaired) electrons. The van der Waals surface area contributed by atoms with Crippen molar-refractivity contribution >= 4 is 24.1 Å². The normalized spacial score (nSPS) is 14.3. The first-order valence-electron chi connectivity index (χ1n) is 12.8. The van der Waals surface area contributed by atoms with Gasteiger partial charge in [-0.2, -0.15) is 0 Å². The molecule has 1 rings (SSSR count). The second kappa shape index (κ2) is 15.2. The molecule has 37 heavy (non-hydrogen) atoms. The maximum Gasteiger partial charge on any atom is 0.510 e. The lowest BCUT2D eigenvalue weighted by Crippen LogP contribution is -2.59. The van der Waals surface area contributed by atoms with Gasteiger partial charge in [0.05, 0.1) is 18.4 Å². The van der Waals surface area contributed by atoms with Crippen molar-refractivity contribution in [2.75, 3.05) is 6.61 Å². The van der Waals surface area contributed by atoms with Crippen LogP contribution in [-0.4, -0.2) is 47.5 Å². The van der Waals surface area contributed by atoms with Gasteiger partial charge in [0.2, 0.25) is 0 Å². The van der Waals surface area contributed by atoms with Crippen LogP contribution in [0, 0.1) is 11.8 Å². The Bertz CT molecular complexity index is 930. The smallest absolute Gasteiger partial charge is 0.477 e. The molecule has 0 aliphatic rings. The van der Waals surface area contributed by atoms with Gasteiger partial charge in [0.15, 0.2) is 11.5 Å². The molecule has 2 N–H and O–H groups in total. The number of esters is 2. The summed E-state index contributed by atoms with van der Waals surface area (Å²) in [4.78, 5) is 49.7. The van der Waals surface area contributed by atoms with Gasteiger partial charge in [-0.05, 0) is 50.8 Å². The van der Waals surface area contributed by atoms with Crippen molar-refractivity contribution in [3.05, 3.63) is 23.8 Å². The zero-order chi connectivity index (χ0) is 28.2. The first-order valence-corrected chi connectivity index (χ1v) is 12.8. The van der Waals surface area contributed by atoms with E-state index in [0.717, 1.165) is 6.42 Å². The largest absolute Gasteiger partial charge is 0.510 e. The van der Waals surface area contributed by atoms with E-state index in [1.165, 1.54) is 18.2 Å². The molecule has 10 heteroatoms. The number of hydrogen-bond donors (Lipinski definition) is 2. The first-order chi connectivity index (χ1) is 17.4. The van der Waals surface area contributed by atoms with E-state index in [0.29, 0.717) is 24.8 Å². The van der Waals surface area contributed by atoms with E-state index in [1.54, 1.807) is 27.7 Å². The third-order valence-electron chi connectivity index (χ3n) is 5.75. The number of rotatable bonds is 15. The molecule has 0 spiro atoms. The fourth-order valence-electron chi connectivity index (χ4n) is 3.10. The lowest BCUT2D eigenvalue weighted by molar-refractivity contribution is -0.166. The number of benzene rings is 1. The summed E-state index contributed by atoms with van der Waals surface area (Å²) in [5.74, 6) is -3.24. The molecule has 0 heterocycles. The van der Waals surface area contributed by atoms with E-state index >= 15 is 0 Å². The van der Waals surface area contributed by atoms with Crippen molar-refractivity contribution in [3.63, 3.8) is 0 Å². The summed E-state index contributed by atoms with van der Waals surface area (Å²) in [6, 6.07) is 3.98. The molecule has 0 bridgehead atoms. The van der Waals surface area contributed by atoms with Gasteiger partial charge in [-0.3, -0.25) is 14.9 Å². The van der Waals surface area contributed by atoms with Crippen LogP contribution >= 0.6 is 0 Å². The molecule has 0 fully saturated rings. The number of hydrogen-bond acceptors (Lipinski definition) is 9. The van der Waals surface area contributed by atoms with Crippen LogP contribution < -0.4 is 14.8 Å². The van der Waals surface area contributed by atoms with Gasteiger partial charge in [0, 0.05) is 12.5 Å². The lowest BCUT2D eigenvalue weighted by atomic mass is 10.0. The molecule has 0 saturated heterocycles. The van der Waals surface area contributed by atoms with E-state index < -0.39 is 35.7 Å². The summed E-state index contributed by atoms with van der Waals surface area (Å²) >= 11 is 0. The average Bonchev–Trinajstić information content (AvgIpc) is 2.83. The van der Waals surface area contributed by atoms with Gasteiger partial charge in [-0.15, -0.1) is 0 Å². The van der Waals surface area contributed by atoms with Crippen molar-refractivity contribution in [2.45, 2.75) is 92.3 Å². The van der Waals surface area contributed by atoms with E-state index in [4.69, 9.17) is 18.9 Å². The fraction of sp³-hybridized carbons (Fsp3) is 0.630. The summed E-state index contributed by atoms with van der Waals surface area (Å²) in [6.07, 6.45) is 1.05. The molecule has 0 aliphatic heterocycles. The number of carboxylic acids is 1. The zero-order valence-corrected chi connectivity index (χ0v) is 22.9. The molecule has 2 unspecified atom stereocenters. The highest BCUT2D eigenvalue weighted by molar-refractivity contribution is 5.81. The van der Waals surface area contributed by atoms with E-state index in [9.17, 15) is 24.3 Å². The first kappa shape index (κ1) is 31.9. The maximum absolute atomic E-state index is 12.5. The highest BCUT2D eigenvalue weighted by Gasteiger charge is 2.44. The second-order valence-corrected chi connectivity index (χ2v) is 9.40. The number of carboxylic acid groups (broad SMARTS) is 1. The Hall–Kier alpha value is -3.14. The van der Waals surface area contributed by atoms with Crippen LogP contribution in [0.1, 0.15) is 79.7 Å². The number of nitrogens with one attached hydrogen (secondary N) is 1. The van der Waals surface area contributed by atoms with Crippen LogP contribution in [-0.2, 0) is 30.3 Å². The monoisotopic (exact) mass is 523 g/mol.